The molecule has 1 aromatic carbocycles. The van der Waals surface area contributed by atoms with Crippen molar-refractivity contribution in [2.75, 3.05) is 31.1 Å². The summed E-state index contributed by atoms with van der Waals surface area (Å²) in [7, 11) is 0. The van der Waals surface area contributed by atoms with Crippen molar-refractivity contribution in [3.05, 3.63) is 42.4 Å². The molecule has 0 unspecified atom stereocenters. The van der Waals surface area contributed by atoms with Crippen molar-refractivity contribution < 1.29 is 4.79 Å². The van der Waals surface area contributed by atoms with Crippen LogP contribution in [0.4, 0.5) is 5.82 Å². The van der Waals surface area contributed by atoms with Crippen molar-refractivity contribution in [1.82, 2.24) is 24.6 Å². The molecule has 1 aliphatic rings. The summed E-state index contributed by atoms with van der Waals surface area (Å²) in [5, 5.41) is 5.61. The summed E-state index contributed by atoms with van der Waals surface area (Å²) in [6.45, 7) is 9.42. The third-order valence-electron chi connectivity index (χ3n) is 5.93. The van der Waals surface area contributed by atoms with E-state index in [0.29, 0.717) is 6.42 Å². The molecule has 0 aliphatic carbocycles. The monoisotopic (exact) mass is 406 g/mol. The zero-order valence-electron chi connectivity index (χ0n) is 18.1. The van der Waals surface area contributed by atoms with E-state index in [1.165, 1.54) is 0 Å². The fraction of sp³-hybridized carbons (Fsp3) is 0.478. The van der Waals surface area contributed by atoms with Gasteiger partial charge in [-0.2, -0.15) is 5.10 Å². The van der Waals surface area contributed by atoms with Crippen molar-refractivity contribution in [2.45, 2.75) is 46.0 Å². The predicted octanol–water partition coefficient (Wildman–Crippen LogP) is 3.78. The van der Waals surface area contributed by atoms with Gasteiger partial charge in [-0.1, -0.05) is 39.0 Å². The molecule has 0 saturated carbocycles. The molecule has 3 heterocycles. The first-order valence-electron chi connectivity index (χ1n) is 11.0. The Hall–Kier alpha value is -2.96. The number of aromatic nitrogens is 4. The van der Waals surface area contributed by atoms with Crippen molar-refractivity contribution in [3.63, 3.8) is 0 Å². The molecule has 1 aliphatic heterocycles. The van der Waals surface area contributed by atoms with Crippen LogP contribution in [0.5, 0.6) is 0 Å². The average molecular weight is 407 g/mol. The molecule has 1 atom stereocenters. The summed E-state index contributed by atoms with van der Waals surface area (Å²) in [6.07, 6.45) is 4.34. The van der Waals surface area contributed by atoms with Crippen LogP contribution in [0.2, 0.25) is 0 Å². The molecule has 0 N–H and O–H groups in total. The van der Waals surface area contributed by atoms with E-state index in [1.807, 2.05) is 53.0 Å². The number of carbonyl (C=O) groups excluding carboxylic acids is 1. The van der Waals surface area contributed by atoms with Crippen molar-refractivity contribution in [2.24, 2.45) is 0 Å². The van der Waals surface area contributed by atoms with E-state index in [-0.39, 0.29) is 11.8 Å². The highest BCUT2D eigenvalue weighted by atomic mass is 16.2. The van der Waals surface area contributed by atoms with Gasteiger partial charge in [0.1, 0.15) is 11.6 Å². The molecule has 158 valence electrons. The molecule has 1 saturated heterocycles. The molecule has 2 aromatic heterocycles. The zero-order chi connectivity index (χ0) is 21.1. The third kappa shape index (κ3) is 3.88. The van der Waals surface area contributed by atoms with Gasteiger partial charge in [-0.25, -0.2) is 14.6 Å². The second kappa shape index (κ2) is 8.81. The second-order valence-electron chi connectivity index (χ2n) is 7.92. The Morgan fingerprint density at radius 3 is 2.60 bits per heavy atom. The molecule has 0 spiro atoms. The molecule has 0 radical (unpaired) electrons. The van der Waals surface area contributed by atoms with Crippen LogP contribution in [0.3, 0.4) is 0 Å². The Morgan fingerprint density at radius 1 is 1.07 bits per heavy atom. The number of fused-ring (bicyclic) bond motifs is 1. The van der Waals surface area contributed by atoms with Crippen LogP contribution in [0.1, 0.15) is 51.8 Å². The number of nitrogens with zero attached hydrogens (tertiary/aromatic N) is 6. The summed E-state index contributed by atoms with van der Waals surface area (Å²) in [5.74, 6) is 2.27. The van der Waals surface area contributed by atoms with Gasteiger partial charge in [0.25, 0.3) is 0 Å². The van der Waals surface area contributed by atoms with Gasteiger partial charge in [0.2, 0.25) is 5.91 Å². The number of para-hydroxylation sites is 1. The van der Waals surface area contributed by atoms with Gasteiger partial charge in [0.05, 0.1) is 17.3 Å². The lowest BCUT2D eigenvalue weighted by molar-refractivity contribution is -0.130. The molecule has 1 amide bonds. The summed E-state index contributed by atoms with van der Waals surface area (Å²) in [4.78, 5) is 26.4. The molecule has 30 heavy (non-hydrogen) atoms. The number of carbonyl (C=O) groups is 1. The molecule has 7 nitrogen and oxygen atoms in total. The van der Waals surface area contributed by atoms with Crippen LogP contribution >= 0.6 is 0 Å². The van der Waals surface area contributed by atoms with Gasteiger partial charge in [-0.15, -0.1) is 0 Å². The van der Waals surface area contributed by atoms with Crippen LogP contribution < -0.4 is 4.90 Å². The van der Waals surface area contributed by atoms with E-state index in [2.05, 4.69) is 23.8 Å². The number of hydrogen-bond donors (Lipinski definition) is 0. The predicted molar refractivity (Wildman–Crippen MR) is 119 cm³/mol. The fourth-order valence-electron chi connectivity index (χ4n) is 3.91. The van der Waals surface area contributed by atoms with Gasteiger partial charge in [0, 0.05) is 38.5 Å². The molecule has 3 aromatic rings. The number of rotatable bonds is 5. The first kappa shape index (κ1) is 20.3. The lowest BCUT2D eigenvalue weighted by atomic mass is 10.1. The first-order valence-corrected chi connectivity index (χ1v) is 11.0. The van der Waals surface area contributed by atoms with E-state index in [4.69, 9.17) is 9.97 Å². The number of benzene rings is 1. The van der Waals surface area contributed by atoms with E-state index < -0.39 is 0 Å². The topological polar surface area (TPSA) is 67.2 Å². The van der Waals surface area contributed by atoms with Crippen LogP contribution in [0, 0.1) is 0 Å². The van der Waals surface area contributed by atoms with E-state index in [9.17, 15) is 4.79 Å². The Morgan fingerprint density at radius 2 is 1.87 bits per heavy atom. The molecule has 7 heteroatoms. The van der Waals surface area contributed by atoms with Gasteiger partial charge < -0.3 is 9.80 Å². The summed E-state index contributed by atoms with van der Waals surface area (Å²) >= 11 is 0. The summed E-state index contributed by atoms with van der Waals surface area (Å²) in [6, 6.07) is 10.1. The van der Waals surface area contributed by atoms with Gasteiger partial charge in [-0.3, -0.25) is 4.79 Å². The Kier molecular flexibility index (Phi) is 5.97. The molecular weight excluding hydrogens is 376 g/mol. The highest BCUT2D eigenvalue weighted by Crippen LogP contribution is 2.29. The maximum absolute atomic E-state index is 12.2. The summed E-state index contributed by atoms with van der Waals surface area (Å²) in [5.41, 5.74) is 1.83. The Bertz CT molecular complexity index is 1020. The Labute approximate surface area is 177 Å². The summed E-state index contributed by atoms with van der Waals surface area (Å²) < 4.78 is 1.90. The van der Waals surface area contributed by atoms with Crippen molar-refractivity contribution in [1.29, 1.82) is 0 Å². The second-order valence-corrected chi connectivity index (χ2v) is 7.92. The lowest BCUT2D eigenvalue weighted by Gasteiger charge is -2.24. The number of hydrogen-bond acceptors (Lipinski definition) is 5. The largest absolute Gasteiger partial charge is 0.354 e. The SMILES string of the molecule is CCC(=O)N1CCCN(c2nc([C@@H](C)CC)nc3c2cnn3-c2ccccc2)CC1. The number of amides is 1. The normalized spacial score (nSPS) is 16.0. The minimum absolute atomic E-state index is 0.224. The number of anilines is 1. The van der Waals surface area contributed by atoms with E-state index >= 15 is 0 Å². The highest BCUT2D eigenvalue weighted by molar-refractivity contribution is 5.88. The average Bonchev–Trinajstić information content (AvgIpc) is 3.07. The van der Waals surface area contributed by atoms with E-state index in [1.54, 1.807) is 0 Å². The van der Waals surface area contributed by atoms with Crippen LogP contribution in [0.25, 0.3) is 16.7 Å². The maximum Gasteiger partial charge on any atom is 0.222 e. The minimum atomic E-state index is 0.224. The first-order chi connectivity index (χ1) is 14.6. The van der Waals surface area contributed by atoms with Gasteiger partial charge >= 0.3 is 0 Å². The van der Waals surface area contributed by atoms with E-state index in [0.717, 1.165) is 67.4 Å². The Balaban J connectivity index is 1.77. The highest BCUT2D eigenvalue weighted by Gasteiger charge is 2.23. The van der Waals surface area contributed by atoms with Crippen molar-refractivity contribution in [3.8, 4) is 5.69 Å². The van der Waals surface area contributed by atoms with Crippen LogP contribution in [-0.2, 0) is 4.79 Å². The third-order valence-corrected chi connectivity index (χ3v) is 5.93. The molecule has 1 fully saturated rings. The van der Waals surface area contributed by atoms with Crippen LogP contribution in [0.15, 0.2) is 36.5 Å². The standard InChI is InChI=1S/C23H30N6O/c1-4-17(3)21-25-22(28-13-9-12-27(14-15-28)20(30)5-2)19-16-24-29(23(19)26-21)18-10-7-6-8-11-18/h6-8,10-11,16-17H,4-5,9,12-15H2,1-3H3/t17-/m0/s1. The van der Waals surface area contributed by atoms with Gasteiger partial charge in [0.15, 0.2) is 5.65 Å². The zero-order valence-corrected chi connectivity index (χ0v) is 18.1. The fourth-order valence-corrected chi connectivity index (χ4v) is 3.91. The smallest absolute Gasteiger partial charge is 0.222 e. The molecule has 0 bridgehead atoms. The lowest BCUT2D eigenvalue weighted by Crippen LogP contribution is -2.35. The van der Waals surface area contributed by atoms with Crippen molar-refractivity contribution >= 4 is 22.8 Å². The quantitative estimate of drug-likeness (QED) is 0.645. The van der Waals surface area contributed by atoms with Gasteiger partial charge in [-0.05, 0) is 25.0 Å². The molecular formula is C23H30N6O. The minimum Gasteiger partial charge on any atom is -0.354 e. The maximum atomic E-state index is 12.2. The molecule has 4 rings (SSSR count). The van der Waals surface area contributed by atoms with Crippen LogP contribution in [-0.4, -0.2) is 56.7 Å².